The molecule has 0 saturated heterocycles. The zero-order valence-corrected chi connectivity index (χ0v) is 53.5. The van der Waals surface area contributed by atoms with E-state index in [1.54, 1.807) is 0 Å². The molecule has 0 amide bonds. The van der Waals surface area contributed by atoms with Gasteiger partial charge in [-0.1, -0.05) is 104 Å². The van der Waals surface area contributed by atoms with Gasteiger partial charge in [-0.25, -0.2) is 0 Å². The third-order valence-corrected chi connectivity index (χ3v) is 22.3. The first-order valence-corrected chi connectivity index (χ1v) is 29.0. The van der Waals surface area contributed by atoms with Crippen LogP contribution < -0.4 is 158 Å². The number of fused-ring (bicyclic) bond motifs is 6. The Morgan fingerprint density at radius 3 is 0.859 bits per heavy atom. The molecule has 0 unspecified atom stereocenters. The van der Waals surface area contributed by atoms with Gasteiger partial charge in [-0.3, -0.25) is 0 Å². The SMILES string of the molecule is Bc1c(B)c(B)c(-c2c(B)c(B)c(B)c(B)c2-c2c3c(B)cc(-c4c(B)c(B)c(B)c5c(B)c(B)c(B)c(B)c45)c(B)c3c(-c3c(B)c(B)c4oc5c(B)c(B)c(B)c(B)c5c4c3B)c3c(B)c(B)c(B)c(B)c23)c(B)c1B. The lowest BCUT2D eigenvalue weighted by Gasteiger charge is -2.33. The van der Waals surface area contributed by atoms with E-state index < -0.39 is 0 Å². The lowest BCUT2D eigenvalue weighted by atomic mass is 9.55. The Kier molecular flexibility index (Phi) is 14.0. The Morgan fingerprint density at radius 1 is 0.167 bits per heavy atom. The van der Waals surface area contributed by atoms with Crippen LogP contribution in [-0.2, 0) is 0 Å². The lowest BCUT2D eigenvalue weighted by molar-refractivity contribution is 0.675. The summed E-state index contributed by atoms with van der Waals surface area (Å²) in [5.41, 5.74) is 52.4. The molecule has 0 spiro atoms. The highest BCUT2D eigenvalue weighted by atomic mass is 16.3. The second-order valence-electron chi connectivity index (χ2n) is 25.1. The van der Waals surface area contributed by atoms with E-state index >= 15 is 0 Å². The summed E-state index contributed by atoms with van der Waals surface area (Å²) >= 11 is 0. The Bertz CT molecular complexity index is 4500. The molecule has 0 bridgehead atoms. The van der Waals surface area contributed by atoms with Crippen LogP contribution in [-0.4, -0.2) is 228 Å². The first-order chi connectivity index (χ1) is 36.4. The van der Waals surface area contributed by atoms with Gasteiger partial charge in [-0.05, 0) is 76.8 Å². The summed E-state index contributed by atoms with van der Waals surface area (Å²) in [4.78, 5) is 0. The van der Waals surface area contributed by atoms with Crippen molar-refractivity contribution in [1.29, 1.82) is 0 Å². The highest BCUT2D eigenvalue weighted by Gasteiger charge is 2.33. The van der Waals surface area contributed by atoms with Crippen LogP contribution in [0.4, 0.5) is 0 Å². The number of hydrogen-bond donors (Lipinski definition) is 0. The molecule has 0 N–H and O–H groups in total. The number of hydrogen-bond acceptors (Lipinski definition) is 1. The van der Waals surface area contributed by atoms with Crippen LogP contribution in [0.25, 0.3) is 98.8 Å². The molecule has 0 fully saturated rings. The van der Waals surface area contributed by atoms with Gasteiger partial charge >= 0.3 is 0 Å². The molecule has 30 heteroatoms. The standard InChI is InChI=1S/C48H59B29O/c49-3-1-2(4-8-15(27(58)33(64)21(4)52)28(59)39(70)34(65)22(8)53)19(50)9-5(3)6(11-13(26(57)38(69)36(67)24(11)55)16-29(60)40(71)43(74)41(72)30(16)61)10-12(25(56)37(68)35(66)23(10)54)7(9)14-20(51)17-18-32(63)42(73)44(75)46(77)48(18)78-47(17)45(76)31(14)62/h1H,49-77H2. The van der Waals surface area contributed by atoms with E-state index in [9.17, 15) is 0 Å². The predicted molar refractivity (Wildman–Crippen MR) is 445 cm³/mol. The van der Waals surface area contributed by atoms with Crippen molar-refractivity contribution in [3.63, 3.8) is 0 Å². The number of rotatable bonds is 4. The van der Waals surface area contributed by atoms with Gasteiger partial charge in [0.25, 0.3) is 0 Å². The topological polar surface area (TPSA) is 13.1 Å². The minimum atomic E-state index is 1.02. The summed E-state index contributed by atoms with van der Waals surface area (Å²) in [7, 11) is 68.8. The lowest BCUT2D eigenvalue weighted by Crippen LogP contribution is -2.57. The first kappa shape index (κ1) is 56.7. The van der Waals surface area contributed by atoms with Crippen molar-refractivity contribution in [2.45, 2.75) is 0 Å². The summed E-state index contributed by atoms with van der Waals surface area (Å²) < 4.78 is 7.19. The predicted octanol–water partition coefficient (Wildman–Crippen LogP) is -36.8. The number of benzene rings is 9. The van der Waals surface area contributed by atoms with Crippen LogP contribution in [0, 0.1) is 0 Å². The Morgan fingerprint density at radius 2 is 0.410 bits per heavy atom. The molecule has 1 nitrogen and oxygen atoms in total. The minimum Gasteiger partial charge on any atom is -0.457 e. The molecule has 0 radical (unpaired) electrons. The average molecular weight is 966 g/mol. The van der Waals surface area contributed by atoms with Crippen LogP contribution in [0.3, 0.4) is 0 Å². The van der Waals surface area contributed by atoms with Crippen molar-refractivity contribution in [1.82, 2.24) is 0 Å². The molecule has 9 aromatic carbocycles. The summed E-state index contributed by atoms with van der Waals surface area (Å²) in [5.74, 6) is 0. The van der Waals surface area contributed by atoms with Crippen LogP contribution in [0.2, 0.25) is 0 Å². The molecular weight excluding hydrogens is 906 g/mol. The molecule has 344 valence electrons. The van der Waals surface area contributed by atoms with Gasteiger partial charge in [0, 0.05) is 10.8 Å². The van der Waals surface area contributed by atoms with E-state index in [0.29, 0.717) is 0 Å². The molecule has 10 rings (SSSR count). The highest BCUT2D eigenvalue weighted by molar-refractivity contribution is 6.77. The molecule has 0 aliphatic heterocycles. The van der Waals surface area contributed by atoms with Gasteiger partial charge in [-0.2, -0.15) is 0 Å². The van der Waals surface area contributed by atoms with Crippen molar-refractivity contribution in [2.24, 2.45) is 0 Å². The molecule has 0 atom stereocenters. The van der Waals surface area contributed by atoms with Gasteiger partial charge in [0.15, 0.2) is 0 Å². The fourth-order valence-electron chi connectivity index (χ4n) is 15.3. The molecule has 78 heavy (non-hydrogen) atoms. The van der Waals surface area contributed by atoms with Crippen LogP contribution >= 0.6 is 0 Å². The minimum absolute atomic E-state index is 1.02. The first-order valence-electron chi connectivity index (χ1n) is 29.0. The van der Waals surface area contributed by atoms with Crippen LogP contribution in [0.1, 0.15) is 0 Å². The molecule has 0 saturated carbocycles. The van der Waals surface area contributed by atoms with E-state index in [1.807, 2.05) is 0 Å². The smallest absolute Gasteiger partial charge is 0.143 e. The molecule has 0 aliphatic carbocycles. The van der Waals surface area contributed by atoms with Crippen LogP contribution in [0.5, 0.6) is 0 Å². The van der Waals surface area contributed by atoms with Gasteiger partial charge in [0.2, 0.25) is 0 Å². The summed E-state index contributed by atoms with van der Waals surface area (Å²) in [6.07, 6.45) is 0. The zero-order valence-electron chi connectivity index (χ0n) is 53.5. The molecule has 1 aromatic heterocycles. The fourth-order valence-corrected chi connectivity index (χ4v) is 15.3. The second-order valence-corrected chi connectivity index (χ2v) is 25.1. The maximum absolute atomic E-state index is 7.19. The van der Waals surface area contributed by atoms with Crippen molar-refractivity contribution in [2.75, 3.05) is 0 Å². The van der Waals surface area contributed by atoms with Crippen LogP contribution in [0.15, 0.2) is 10.5 Å². The normalized spacial score (nSPS) is 11.8. The Labute approximate surface area is 491 Å². The highest BCUT2D eigenvalue weighted by Crippen LogP contribution is 2.43. The monoisotopic (exact) mass is 971 g/mol. The summed E-state index contributed by atoms with van der Waals surface area (Å²) in [6.45, 7) is 0. The van der Waals surface area contributed by atoms with E-state index in [0.717, 1.165) is 11.2 Å². The van der Waals surface area contributed by atoms with E-state index in [4.69, 9.17) is 4.42 Å². The summed E-state index contributed by atoms with van der Waals surface area (Å²) in [5, 5.41) is 10.8. The van der Waals surface area contributed by atoms with Gasteiger partial charge in [0.1, 0.15) is 239 Å². The largest absolute Gasteiger partial charge is 0.457 e. The van der Waals surface area contributed by atoms with Crippen molar-refractivity contribution in [3.05, 3.63) is 6.07 Å². The Balaban J connectivity index is 1.60. The number of furan rings is 1. The third kappa shape index (κ3) is 7.36. The zero-order chi connectivity index (χ0) is 57.5. The third-order valence-electron chi connectivity index (χ3n) is 22.3. The van der Waals surface area contributed by atoms with E-state index in [-0.39, 0.29) is 0 Å². The van der Waals surface area contributed by atoms with Gasteiger partial charge in [0.05, 0.1) is 0 Å². The molecule has 0 aliphatic rings. The average Bonchev–Trinajstić information content (AvgIpc) is 3.98. The van der Waals surface area contributed by atoms with Gasteiger partial charge in [-0.15, -0.1) is 60.1 Å². The maximum Gasteiger partial charge on any atom is 0.143 e. The van der Waals surface area contributed by atoms with Crippen molar-refractivity contribution in [3.8, 4) is 44.5 Å². The van der Waals surface area contributed by atoms with E-state index in [1.165, 1.54) is 246 Å². The molecule has 10 aromatic rings. The second kappa shape index (κ2) is 19.3. The maximum atomic E-state index is 7.19. The van der Waals surface area contributed by atoms with Crippen molar-refractivity contribution < 1.29 is 4.42 Å². The fraction of sp³-hybridized carbons (Fsp3) is 0. The summed E-state index contributed by atoms with van der Waals surface area (Å²) in [6, 6.07) is 2.62. The van der Waals surface area contributed by atoms with E-state index in [2.05, 4.69) is 234 Å². The quantitative estimate of drug-likeness (QED) is 0.127. The molecular formula is C48H59B29O. The molecule has 1 heterocycles. The van der Waals surface area contributed by atoms with Crippen molar-refractivity contribution >= 4 is 440 Å². The Hall–Kier alpha value is -4.56. The van der Waals surface area contributed by atoms with Gasteiger partial charge < -0.3 is 4.42 Å².